The number of nitriles is 1. The van der Waals surface area contributed by atoms with Crippen LogP contribution in [-0.2, 0) is 9.47 Å². The smallest absolute Gasteiger partial charge is 0.411 e. The minimum atomic E-state index is -0.605. The fourth-order valence-electron chi connectivity index (χ4n) is 3.57. The van der Waals surface area contributed by atoms with Crippen LogP contribution < -0.4 is 20.1 Å². The number of fused-ring (bicyclic) bond motifs is 1. The number of anilines is 3. The molecule has 1 amide bonds. The molecule has 0 saturated carbocycles. The Balaban J connectivity index is 1.58. The van der Waals surface area contributed by atoms with Crippen LogP contribution in [0.1, 0.15) is 11.1 Å². The lowest BCUT2D eigenvalue weighted by Gasteiger charge is -2.13. The van der Waals surface area contributed by atoms with Crippen molar-refractivity contribution in [3.8, 4) is 23.3 Å². The fraction of sp³-hybridized carbons (Fsp3) is 0.192. The summed E-state index contributed by atoms with van der Waals surface area (Å²) < 4.78 is 22.8. The van der Waals surface area contributed by atoms with E-state index in [1.165, 1.54) is 13.3 Å². The Hall–Kier alpha value is -4.75. The molecule has 10 nitrogen and oxygen atoms in total. The van der Waals surface area contributed by atoms with Gasteiger partial charge in [-0.2, -0.15) is 10.4 Å². The number of aryl methyl sites for hydroxylation is 1. The van der Waals surface area contributed by atoms with E-state index >= 15 is 0 Å². The van der Waals surface area contributed by atoms with E-state index in [9.17, 15) is 10.1 Å². The number of nitrogens with one attached hydrogen (secondary N) is 2. The van der Waals surface area contributed by atoms with Crippen LogP contribution >= 0.6 is 0 Å². The number of carbonyl (C=O) groups excluding carboxylic acids is 1. The maximum absolute atomic E-state index is 12.1. The molecule has 0 aliphatic heterocycles. The minimum Gasteiger partial charge on any atom is -0.493 e. The lowest BCUT2D eigenvalue weighted by atomic mass is 10.1. The number of benzene rings is 2. The van der Waals surface area contributed by atoms with E-state index in [0.717, 1.165) is 11.3 Å². The van der Waals surface area contributed by atoms with Gasteiger partial charge in [0.15, 0.2) is 11.5 Å². The molecule has 4 aromatic rings. The van der Waals surface area contributed by atoms with Crippen molar-refractivity contribution < 1.29 is 23.7 Å². The molecule has 2 heterocycles. The van der Waals surface area contributed by atoms with Gasteiger partial charge in [0.1, 0.15) is 18.4 Å². The highest BCUT2D eigenvalue weighted by molar-refractivity contribution is 5.92. The summed E-state index contributed by atoms with van der Waals surface area (Å²) in [4.78, 5) is 12.1. The summed E-state index contributed by atoms with van der Waals surface area (Å²) in [6.07, 6.45) is 2.53. The maximum atomic E-state index is 12.1. The van der Waals surface area contributed by atoms with Gasteiger partial charge in [0, 0.05) is 18.4 Å². The number of ether oxygens (including phenoxy) is 4. The molecule has 0 aliphatic rings. The van der Waals surface area contributed by atoms with Crippen molar-refractivity contribution in [1.82, 2.24) is 9.61 Å². The third-order valence-electron chi connectivity index (χ3n) is 5.36. The highest BCUT2D eigenvalue weighted by Crippen LogP contribution is 2.34. The van der Waals surface area contributed by atoms with Crippen LogP contribution in [0.3, 0.4) is 0 Å². The summed E-state index contributed by atoms with van der Waals surface area (Å²) in [5, 5.41) is 20.0. The van der Waals surface area contributed by atoms with Gasteiger partial charge in [-0.25, -0.2) is 9.31 Å². The molecule has 2 N–H and O–H groups in total. The van der Waals surface area contributed by atoms with Crippen LogP contribution in [0.4, 0.5) is 21.9 Å². The summed E-state index contributed by atoms with van der Waals surface area (Å²) in [6.45, 7) is 2.27. The van der Waals surface area contributed by atoms with E-state index in [1.807, 2.05) is 55.5 Å². The second kappa shape index (κ2) is 11.1. The number of hydrogen-bond acceptors (Lipinski definition) is 8. The number of amides is 1. The topological polar surface area (TPSA) is 119 Å². The largest absolute Gasteiger partial charge is 0.493 e. The maximum Gasteiger partial charge on any atom is 0.411 e. The predicted molar refractivity (Wildman–Crippen MR) is 134 cm³/mol. The Labute approximate surface area is 208 Å². The Kier molecular flexibility index (Phi) is 7.53. The summed E-state index contributed by atoms with van der Waals surface area (Å²) in [5.41, 5.74) is 3.54. The van der Waals surface area contributed by atoms with Crippen molar-refractivity contribution in [2.75, 3.05) is 38.1 Å². The van der Waals surface area contributed by atoms with Gasteiger partial charge in [0.25, 0.3) is 0 Å². The van der Waals surface area contributed by atoms with Crippen LogP contribution in [0, 0.1) is 18.3 Å². The number of carbonyl (C=O) groups is 1. The zero-order valence-electron chi connectivity index (χ0n) is 20.1. The van der Waals surface area contributed by atoms with E-state index in [-0.39, 0.29) is 6.61 Å². The molecular formula is C26H25N5O5. The van der Waals surface area contributed by atoms with E-state index in [2.05, 4.69) is 21.8 Å². The van der Waals surface area contributed by atoms with Crippen molar-refractivity contribution in [2.45, 2.75) is 6.92 Å². The Morgan fingerprint density at radius 3 is 2.53 bits per heavy atom. The third kappa shape index (κ3) is 5.32. The Bertz CT molecular complexity index is 1410. The highest BCUT2D eigenvalue weighted by atomic mass is 16.6. The van der Waals surface area contributed by atoms with Crippen molar-refractivity contribution in [1.29, 1.82) is 5.26 Å². The first kappa shape index (κ1) is 24.4. The average molecular weight is 488 g/mol. The Morgan fingerprint density at radius 2 is 1.83 bits per heavy atom. The van der Waals surface area contributed by atoms with Gasteiger partial charge in [-0.1, -0.05) is 12.1 Å². The lowest BCUT2D eigenvalue weighted by molar-refractivity contribution is 0.107. The first-order valence-corrected chi connectivity index (χ1v) is 11.1. The summed E-state index contributed by atoms with van der Waals surface area (Å²) in [5.74, 6) is 1.86. The molecule has 0 spiro atoms. The van der Waals surface area contributed by atoms with Gasteiger partial charge in [0.05, 0.1) is 48.6 Å². The van der Waals surface area contributed by atoms with Gasteiger partial charge in [-0.15, -0.1) is 0 Å². The monoisotopic (exact) mass is 487 g/mol. The minimum absolute atomic E-state index is 0.134. The fourth-order valence-corrected chi connectivity index (χ4v) is 3.57. The third-order valence-corrected chi connectivity index (χ3v) is 5.36. The van der Waals surface area contributed by atoms with E-state index in [1.54, 1.807) is 17.8 Å². The number of nitrogens with zero attached hydrogens (tertiary/aromatic N) is 3. The summed E-state index contributed by atoms with van der Waals surface area (Å²) >= 11 is 0. The molecule has 10 heteroatoms. The van der Waals surface area contributed by atoms with Gasteiger partial charge < -0.3 is 24.3 Å². The molecule has 0 aliphatic carbocycles. The second-order valence-corrected chi connectivity index (χ2v) is 7.66. The number of para-hydroxylation sites is 2. The molecule has 184 valence electrons. The van der Waals surface area contributed by atoms with Crippen molar-refractivity contribution in [3.05, 3.63) is 72.1 Å². The van der Waals surface area contributed by atoms with E-state index in [4.69, 9.17) is 18.9 Å². The summed E-state index contributed by atoms with van der Waals surface area (Å²) in [7, 11) is 3.12. The SMILES string of the molecule is COCCOC(=O)Nc1cn2ncc(C#N)c(Nc3ccc(Oc4ccccc4OC)cc3)c2c1C. The molecule has 0 saturated heterocycles. The molecular weight excluding hydrogens is 462 g/mol. The quantitative estimate of drug-likeness (QED) is 0.307. The number of methoxy groups -OCH3 is 2. The zero-order valence-corrected chi connectivity index (χ0v) is 20.1. The van der Waals surface area contributed by atoms with Gasteiger partial charge >= 0.3 is 6.09 Å². The summed E-state index contributed by atoms with van der Waals surface area (Å²) in [6, 6.07) is 16.9. The number of hydrogen-bond donors (Lipinski definition) is 2. The van der Waals surface area contributed by atoms with Crippen LogP contribution in [0.5, 0.6) is 17.2 Å². The van der Waals surface area contributed by atoms with E-state index < -0.39 is 6.09 Å². The van der Waals surface area contributed by atoms with Crippen LogP contribution in [0.25, 0.3) is 5.52 Å². The molecule has 0 radical (unpaired) electrons. The molecule has 0 atom stereocenters. The normalized spacial score (nSPS) is 10.5. The van der Waals surface area contributed by atoms with Crippen LogP contribution in [-0.4, -0.2) is 43.1 Å². The first-order valence-electron chi connectivity index (χ1n) is 11.1. The molecule has 0 bridgehead atoms. The molecule has 0 unspecified atom stereocenters. The predicted octanol–water partition coefficient (Wildman–Crippen LogP) is 5.25. The highest BCUT2D eigenvalue weighted by Gasteiger charge is 2.18. The van der Waals surface area contributed by atoms with Crippen molar-refractivity contribution >= 4 is 28.7 Å². The average Bonchev–Trinajstić information content (AvgIpc) is 3.21. The number of rotatable bonds is 9. The lowest BCUT2D eigenvalue weighted by Crippen LogP contribution is -2.16. The van der Waals surface area contributed by atoms with Crippen molar-refractivity contribution in [3.63, 3.8) is 0 Å². The Morgan fingerprint density at radius 1 is 1.08 bits per heavy atom. The molecule has 36 heavy (non-hydrogen) atoms. The van der Waals surface area contributed by atoms with Crippen LogP contribution in [0.15, 0.2) is 60.9 Å². The molecule has 2 aromatic heterocycles. The van der Waals surface area contributed by atoms with Crippen molar-refractivity contribution in [2.24, 2.45) is 0 Å². The zero-order chi connectivity index (χ0) is 25.5. The van der Waals surface area contributed by atoms with Gasteiger partial charge in [-0.3, -0.25) is 5.32 Å². The van der Waals surface area contributed by atoms with E-state index in [0.29, 0.717) is 46.3 Å². The van der Waals surface area contributed by atoms with Gasteiger partial charge in [-0.05, 0) is 43.3 Å². The first-order chi connectivity index (χ1) is 17.5. The van der Waals surface area contributed by atoms with Crippen LogP contribution in [0.2, 0.25) is 0 Å². The van der Waals surface area contributed by atoms with Gasteiger partial charge in [0.2, 0.25) is 0 Å². The number of aromatic nitrogens is 2. The second-order valence-electron chi connectivity index (χ2n) is 7.66. The standard InChI is InChI=1S/C26H25N5O5/c1-17-21(30-26(32)35-13-12-33-2)16-31-25(17)24(18(14-27)15-28-31)29-19-8-10-20(11-9-19)36-23-7-5-4-6-22(23)34-3/h4-11,15-16,29H,12-13H2,1-3H3,(H,30,32). The molecule has 2 aromatic carbocycles. The molecule has 0 fully saturated rings. The molecule has 4 rings (SSSR count).